The quantitative estimate of drug-likeness (QED) is 0.0261. The first kappa shape index (κ1) is 78.0. The van der Waals surface area contributed by atoms with Crippen LogP contribution in [0.2, 0.25) is 0 Å². The summed E-state index contributed by atoms with van der Waals surface area (Å²) in [6.45, 7) is 6.31. The van der Waals surface area contributed by atoms with Crippen LogP contribution in [0.15, 0.2) is 158 Å². The largest absolute Gasteiger partial charge is 0.462 e. The Kier molecular flexibility index (Phi) is 65.4. The van der Waals surface area contributed by atoms with Gasteiger partial charge in [0.2, 0.25) is 0 Å². The summed E-state index contributed by atoms with van der Waals surface area (Å²) in [6, 6.07) is 0. The minimum absolute atomic E-state index is 0.124. The third-order valence-electron chi connectivity index (χ3n) is 14.0. The van der Waals surface area contributed by atoms with Crippen LogP contribution in [0.3, 0.4) is 0 Å². The van der Waals surface area contributed by atoms with Gasteiger partial charge in [-0.25, -0.2) is 0 Å². The minimum atomic E-state index is -0.839. The van der Waals surface area contributed by atoms with E-state index < -0.39 is 6.10 Å². The molecule has 0 saturated carbocycles. The fraction of sp³-hybridized carbons (Fsp3) is 0.623. The lowest BCUT2D eigenvalue weighted by atomic mass is 10.0. The highest BCUT2D eigenvalue weighted by atomic mass is 16.6. The average Bonchev–Trinajstić information content (AvgIpc) is 3.50. The van der Waals surface area contributed by atoms with Crippen molar-refractivity contribution in [2.24, 2.45) is 0 Å². The van der Waals surface area contributed by atoms with Crippen LogP contribution < -0.4 is 0 Å². The highest BCUT2D eigenvalue weighted by Crippen LogP contribution is 2.16. The van der Waals surface area contributed by atoms with Crippen molar-refractivity contribution in [3.8, 4) is 0 Å². The second-order valence-electron chi connectivity index (χ2n) is 22.0. The number of ether oxygens (including phenoxy) is 3. The molecule has 468 valence electrons. The molecule has 0 aliphatic rings. The lowest BCUT2D eigenvalue weighted by Gasteiger charge is -2.18. The van der Waals surface area contributed by atoms with E-state index in [1.54, 1.807) is 0 Å². The van der Waals surface area contributed by atoms with Crippen LogP contribution in [-0.2, 0) is 28.6 Å². The van der Waals surface area contributed by atoms with Crippen LogP contribution in [0.4, 0.5) is 0 Å². The van der Waals surface area contributed by atoms with E-state index in [2.05, 4.69) is 179 Å². The Morgan fingerprint density at radius 2 is 0.482 bits per heavy atom. The van der Waals surface area contributed by atoms with Crippen molar-refractivity contribution < 1.29 is 28.6 Å². The van der Waals surface area contributed by atoms with Gasteiger partial charge in [-0.2, -0.15) is 0 Å². The molecule has 0 spiro atoms. The van der Waals surface area contributed by atoms with Crippen LogP contribution in [0, 0.1) is 0 Å². The lowest BCUT2D eigenvalue weighted by molar-refractivity contribution is -0.167. The van der Waals surface area contributed by atoms with Gasteiger partial charge in [0.15, 0.2) is 6.10 Å². The van der Waals surface area contributed by atoms with Crippen LogP contribution in [0.1, 0.15) is 290 Å². The molecule has 0 aromatic heterocycles. The molecule has 0 radical (unpaired) electrons. The van der Waals surface area contributed by atoms with E-state index in [1.165, 1.54) is 128 Å². The van der Waals surface area contributed by atoms with Gasteiger partial charge in [-0.3, -0.25) is 14.4 Å². The Balaban J connectivity index is 4.38. The SMILES string of the molecule is CC/C=C\C/C=C\C/C=C\C/C=C\C/C=C\CCCC(=O)OCC(COC(=O)CCCCCCCCCCCCCCCCCC/C=C\C/C=C\C/C=C\CCCCCCC)OC(=O)CCC/C=C\C/C=C\C/C=C\C/C=C\C/C=C\CC. The van der Waals surface area contributed by atoms with Gasteiger partial charge in [0.1, 0.15) is 13.2 Å². The molecule has 0 bridgehead atoms. The van der Waals surface area contributed by atoms with Crippen molar-refractivity contribution >= 4 is 17.9 Å². The van der Waals surface area contributed by atoms with Gasteiger partial charge in [-0.1, -0.05) is 294 Å². The number of carbonyl (C=O) groups is 3. The minimum Gasteiger partial charge on any atom is -0.462 e. The van der Waals surface area contributed by atoms with Crippen molar-refractivity contribution in [2.75, 3.05) is 13.2 Å². The fourth-order valence-corrected chi connectivity index (χ4v) is 8.99. The van der Waals surface area contributed by atoms with E-state index in [1.807, 2.05) is 0 Å². The maximum absolute atomic E-state index is 12.9. The summed E-state index contributed by atoms with van der Waals surface area (Å²) in [5.74, 6) is -1.04. The second kappa shape index (κ2) is 69.5. The molecule has 0 rings (SSSR count). The number of rotatable bonds is 60. The Morgan fingerprint density at radius 3 is 0.783 bits per heavy atom. The first-order valence-corrected chi connectivity index (χ1v) is 34.0. The van der Waals surface area contributed by atoms with E-state index in [0.29, 0.717) is 19.3 Å². The maximum Gasteiger partial charge on any atom is 0.306 e. The van der Waals surface area contributed by atoms with Crippen molar-refractivity contribution in [1.82, 2.24) is 0 Å². The Morgan fingerprint density at radius 1 is 0.253 bits per heavy atom. The highest BCUT2D eigenvalue weighted by molar-refractivity contribution is 5.71. The Bertz CT molecular complexity index is 1840. The molecule has 0 fully saturated rings. The molecule has 0 aromatic rings. The molecular formula is C77H124O6. The van der Waals surface area contributed by atoms with Gasteiger partial charge in [0.05, 0.1) is 0 Å². The number of unbranched alkanes of at least 4 members (excludes halogenated alkanes) is 23. The monoisotopic (exact) mass is 1140 g/mol. The van der Waals surface area contributed by atoms with Crippen LogP contribution in [0.5, 0.6) is 0 Å². The third-order valence-corrected chi connectivity index (χ3v) is 14.0. The zero-order valence-electron chi connectivity index (χ0n) is 53.7. The zero-order chi connectivity index (χ0) is 59.9. The number of carbonyl (C=O) groups excluding carboxylic acids is 3. The Hall–Kier alpha value is -4.97. The van der Waals surface area contributed by atoms with Crippen molar-refractivity contribution in [3.05, 3.63) is 158 Å². The van der Waals surface area contributed by atoms with Crippen LogP contribution in [-0.4, -0.2) is 37.2 Å². The topological polar surface area (TPSA) is 78.9 Å². The van der Waals surface area contributed by atoms with Crippen LogP contribution >= 0.6 is 0 Å². The summed E-state index contributed by atoms with van der Waals surface area (Å²) < 4.78 is 16.8. The van der Waals surface area contributed by atoms with E-state index in [9.17, 15) is 14.4 Å². The number of allylic oxidation sites excluding steroid dienone is 26. The molecule has 1 atom stereocenters. The zero-order valence-corrected chi connectivity index (χ0v) is 53.7. The number of hydrogen-bond donors (Lipinski definition) is 0. The summed E-state index contributed by atoms with van der Waals surface area (Å²) in [4.78, 5) is 38.3. The van der Waals surface area contributed by atoms with Gasteiger partial charge >= 0.3 is 17.9 Å². The third kappa shape index (κ3) is 67.7. The first-order valence-electron chi connectivity index (χ1n) is 34.0. The molecule has 0 N–H and O–H groups in total. The molecule has 0 aliphatic carbocycles. The summed E-state index contributed by atoms with van der Waals surface area (Å²) >= 11 is 0. The van der Waals surface area contributed by atoms with Gasteiger partial charge in [-0.05, 0) is 135 Å². The van der Waals surface area contributed by atoms with E-state index in [-0.39, 0.29) is 44.0 Å². The fourth-order valence-electron chi connectivity index (χ4n) is 8.99. The molecule has 0 aromatic carbocycles. The predicted octanol–water partition coefficient (Wildman–Crippen LogP) is 23.7. The Labute approximate surface area is 511 Å². The number of esters is 3. The molecule has 6 heteroatoms. The molecule has 0 aliphatic heterocycles. The molecular weight excluding hydrogens is 1020 g/mol. The van der Waals surface area contributed by atoms with E-state index >= 15 is 0 Å². The van der Waals surface area contributed by atoms with Gasteiger partial charge in [-0.15, -0.1) is 0 Å². The van der Waals surface area contributed by atoms with E-state index in [4.69, 9.17) is 14.2 Å². The first-order chi connectivity index (χ1) is 41.0. The average molecular weight is 1150 g/mol. The summed E-state index contributed by atoms with van der Waals surface area (Å²) in [7, 11) is 0. The standard InChI is InChI=1S/C77H124O6/c1-4-7-10-13-16-19-22-25-28-31-32-33-34-35-36-37-38-39-40-41-42-43-44-47-49-52-55-58-61-64-67-70-76(79)82-73-74(83-77(80)71-68-65-62-59-56-53-50-46-30-27-24-21-18-15-12-9-6-3)72-81-75(78)69-66-63-60-57-54-51-48-45-29-26-23-20-17-14-11-8-5-2/h8-9,11-12,17-18,20-22,25-27,29-32,34-35,48,50-51,53,57,59-60,62,74H,4-7,10,13-16,19,23-24,28,33,36-47,49,52,54-56,58,61,63-73H2,1-3H3/b11-8-,12-9-,20-17-,21-18-,25-22-,29-26-,30-27-,32-31-,35-34-,51-48-,53-50-,60-57-,62-59-. The second-order valence-corrected chi connectivity index (χ2v) is 22.0. The summed E-state index contributed by atoms with van der Waals surface area (Å²) in [5, 5.41) is 0. The summed E-state index contributed by atoms with van der Waals surface area (Å²) in [5.41, 5.74) is 0. The highest BCUT2D eigenvalue weighted by Gasteiger charge is 2.19. The maximum atomic E-state index is 12.9. The van der Waals surface area contributed by atoms with Crippen LogP contribution in [0.25, 0.3) is 0 Å². The molecule has 0 amide bonds. The smallest absolute Gasteiger partial charge is 0.306 e. The molecule has 6 nitrogen and oxygen atoms in total. The van der Waals surface area contributed by atoms with Gasteiger partial charge in [0, 0.05) is 19.3 Å². The molecule has 0 heterocycles. The van der Waals surface area contributed by atoms with Gasteiger partial charge in [0.25, 0.3) is 0 Å². The molecule has 1 unspecified atom stereocenters. The molecule has 0 saturated heterocycles. The van der Waals surface area contributed by atoms with E-state index in [0.717, 1.165) is 109 Å². The van der Waals surface area contributed by atoms with Crippen molar-refractivity contribution in [1.29, 1.82) is 0 Å². The number of hydrogen-bond acceptors (Lipinski definition) is 6. The lowest BCUT2D eigenvalue weighted by Crippen LogP contribution is -2.30. The normalized spacial score (nSPS) is 13.1. The predicted molar refractivity (Wildman–Crippen MR) is 362 cm³/mol. The molecule has 83 heavy (non-hydrogen) atoms. The van der Waals surface area contributed by atoms with Crippen molar-refractivity contribution in [3.63, 3.8) is 0 Å². The van der Waals surface area contributed by atoms with Gasteiger partial charge < -0.3 is 14.2 Å². The summed E-state index contributed by atoms with van der Waals surface area (Å²) in [6.07, 6.45) is 101. The van der Waals surface area contributed by atoms with Crippen molar-refractivity contribution in [2.45, 2.75) is 297 Å².